The van der Waals surface area contributed by atoms with E-state index in [9.17, 15) is 4.79 Å². The Hall–Kier alpha value is -1.72. The molecule has 4 nitrogen and oxygen atoms in total. The van der Waals surface area contributed by atoms with Gasteiger partial charge in [0.05, 0.1) is 10.7 Å². The van der Waals surface area contributed by atoms with Gasteiger partial charge in [-0.2, -0.15) is 0 Å². The van der Waals surface area contributed by atoms with Crippen LogP contribution >= 0.6 is 11.3 Å². The Kier molecular flexibility index (Phi) is 4.31. The molecule has 1 saturated heterocycles. The molecule has 2 aromatic rings. The zero-order valence-corrected chi connectivity index (χ0v) is 12.9. The Balaban J connectivity index is 1.83. The zero-order valence-electron chi connectivity index (χ0n) is 12.1. The molecule has 2 N–H and O–H groups in total. The highest BCUT2D eigenvalue weighted by molar-refractivity contribution is 7.14. The maximum atomic E-state index is 12.6. The van der Waals surface area contributed by atoms with Crippen LogP contribution in [-0.2, 0) is 0 Å². The topological polar surface area (TPSA) is 54.0 Å². The summed E-state index contributed by atoms with van der Waals surface area (Å²) < 4.78 is 0. The molecule has 0 saturated carbocycles. The second kappa shape index (κ2) is 6.37. The van der Waals surface area contributed by atoms with Gasteiger partial charge in [-0.1, -0.05) is 30.3 Å². The van der Waals surface area contributed by atoms with Crippen molar-refractivity contribution in [1.82, 2.24) is 15.6 Å². The monoisotopic (exact) mass is 301 g/mol. The van der Waals surface area contributed by atoms with Gasteiger partial charge in [0.15, 0.2) is 0 Å². The van der Waals surface area contributed by atoms with Gasteiger partial charge in [0.25, 0.3) is 5.91 Å². The first kappa shape index (κ1) is 14.2. The smallest absolute Gasteiger partial charge is 0.263 e. The fourth-order valence-electron chi connectivity index (χ4n) is 2.60. The van der Waals surface area contributed by atoms with Gasteiger partial charge in [-0.05, 0) is 26.3 Å². The molecule has 0 radical (unpaired) electrons. The lowest BCUT2D eigenvalue weighted by molar-refractivity contribution is 0.0935. The summed E-state index contributed by atoms with van der Waals surface area (Å²) in [5.41, 5.74) is 1.79. The Morgan fingerprint density at radius 2 is 2.19 bits per heavy atom. The molecular weight excluding hydrogens is 282 g/mol. The second-order valence-electron chi connectivity index (χ2n) is 5.29. The Bertz CT molecular complexity index is 618. The van der Waals surface area contributed by atoms with Crippen molar-refractivity contribution >= 4 is 17.2 Å². The number of benzene rings is 1. The standard InChI is InChI=1S/C16H19N3OS/c1-11-18-14(12-6-3-2-4-7-12)15(21-11)16(20)19-13-8-5-9-17-10-13/h2-4,6-7,13,17H,5,8-10H2,1H3,(H,19,20)/t13-/m0/s1. The van der Waals surface area contributed by atoms with Crippen molar-refractivity contribution in [3.63, 3.8) is 0 Å². The molecule has 0 spiro atoms. The van der Waals surface area contributed by atoms with Crippen molar-refractivity contribution in [3.8, 4) is 11.3 Å². The van der Waals surface area contributed by atoms with Gasteiger partial charge in [-0.15, -0.1) is 11.3 Å². The highest BCUT2D eigenvalue weighted by Crippen LogP contribution is 2.28. The van der Waals surface area contributed by atoms with Gasteiger partial charge < -0.3 is 10.6 Å². The van der Waals surface area contributed by atoms with Crippen LogP contribution in [0.5, 0.6) is 0 Å². The first-order valence-corrected chi connectivity index (χ1v) is 8.10. The molecule has 5 heteroatoms. The number of amides is 1. The molecule has 2 heterocycles. The summed E-state index contributed by atoms with van der Waals surface area (Å²) >= 11 is 1.46. The summed E-state index contributed by atoms with van der Waals surface area (Å²) in [5.74, 6) is -0.00634. The minimum Gasteiger partial charge on any atom is -0.347 e. The number of carbonyl (C=O) groups is 1. The van der Waals surface area contributed by atoms with Crippen LogP contribution in [0.15, 0.2) is 30.3 Å². The highest BCUT2D eigenvalue weighted by atomic mass is 32.1. The molecule has 1 atom stereocenters. The van der Waals surface area contributed by atoms with Crippen LogP contribution in [0, 0.1) is 6.92 Å². The molecule has 21 heavy (non-hydrogen) atoms. The lowest BCUT2D eigenvalue weighted by Gasteiger charge is -2.23. The van der Waals surface area contributed by atoms with Crippen molar-refractivity contribution in [2.24, 2.45) is 0 Å². The largest absolute Gasteiger partial charge is 0.347 e. The molecule has 1 aromatic carbocycles. The van der Waals surface area contributed by atoms with Crippen molar-refractivity contribution in [2.45, 2.75) is 25.8 Å². The lowest BCUT2D eigenvalue weighted by Crippen LogP contribution is -2.45. The van der Waals surface area contributed by atoms with E-state index in [4.69, 9.17) is 0 Å². The predicted molar refractivity (Wildman–Crippen MR) is 85.6 cm³/mol. The number of hydrogen-bond acceptors (Lipinski definition) is 4. The first-order chi connectivity index (χ1) is 10.2. The predicted octanol–water partition coefficient (Wildman–Crippen LogP) is 2.60. The summed E-state index contributed by atoms with van der Waals surface area (Å²) in [4.78, 5) is 17.8. The molecule has 0 unspecified atom stereocenters. The number of thiazole rings is 1. The summed E-state index contributed by atoms with van der Waals surface area (Å²) in [7, 11) is 0. The normalized spacial score (nSPS) is 18.4. The van der Waals surface area contributed by atoms with Crippen molar-refractivity contribution < 1.29 is 4.79 Å². The number of aromatic nitrogens is 1. The van der Waals surface area contributed by atoms with E-state index in [1.54, 1.807) is 0 Å². The molecule has 1 fully saturated rings. The summed E-state index contributed by atoms with van der Waals surface area (Å²) in [6.07, 6.45) is 2.15. The number of carbonyl (C=O) groups excluding carboxylic acids is 1. The van der Waals surface area contributed by atoms with Crippen molar-refractivity contribution in [2.75, 3.05) is 13.1 Å². The minimum absolute atomic E-state index is 0.00634. The zero-order chi connectivity index (χ0) is 14.7. The summed E-state index contributed by atoms with van der Waals surface area (Å²) in [6.45, 7) is 3.83. The number of rotatable bonds is 3. The van der Waals surface area contributed by atoms with Gasteiger partial charge in [0.1, 0.15) is 4.88 Å². The number of nitrogens with zero attached hydrogens (tertiary/aromatic N) is 1. The molecule has 1 aliphatic rings. The van der Waals surface area contributed by atoms with Crippen LogP contribution in [0.25, 0.3) is 11.3 Å². The fraction of sp³-hybridized carbons (Fsp3) is 0.375. The van der Waals surface area contributed by atoms with Crippen LogP contribution < -0.4 is 10.6 Å². The average molecular weight is 301 g/mol. The van der Waals surface area contributed by atoms with Crippen LogP contribution in [0.3, 0.4) is 0 Å². The van der Waals surface area contributed by atoms with E-state index in [0.717, 1.165) is 42.2 Å². The van der Waals surface area contributed by atoms with E-state index in [0.29, 0.717) is 4.88 Å². The van der Waals surface area contributed by atoms with E-state index in [2.05, 4.69) is 15.6 Å². The van der Waals surface area contributed by atoms with Gasteiger partial charge in [0.2, 0.25) is 0 Å². The van der Waals surface area contributed by atoms with E-state index in [1.165, 1.54) is 11.3 Å². The Labute approximate surface area is 128 Å². The Morgan fingerprint density at radius 1 is 1.38 bits per heavy atom. The molecule has 1 aromatic heterocycles. The van der Waals surface area contributed by atoms with E-state index in [1.807, 2.05) is 37.3 Å². The molecule has 0 aliphatic carbocycles. The van der Waals surface area contributed by atoms with Crippen LogP contribution in [0.4, 0.5) is 0 Å². The maximum absolute atomic E-state index is 12.6. The van der Waals surface area contributed by atoms with Crippen molar-refractivity contribution in [1.29, 1.82) is 0 Å². The van der Waals surface area contributed by atoms with Crippen molar-refractivity contribution in [3.05, 3.63) is 40.2 Å². The van der Waals surface area contributed by atoms with Gasteiger partial charge in [-0.25, -0.2) is 4.98 Å². The van der Waals surface area contributed by atoms with Crippen LogP contribution in [0.2, 0.25) is 0 Å². The molecule has 1 aliphatic heterocycles. The molecule has 110 valence electrons. The summed E-state index contributed by atoms with van der Waals surface area (Å²) in [5, 5.41) is 7.36. The van der Waals surface area contributed by atoms with Crippen LogP contribution in [0.1, 0.15) is 27.5 Å². The number of aryl methyl sites for hydroxylation is 1. The van der Waals surface area contributed by atoms with E-state index in [-0.39, 0.29) is 11.9 Å². The third-order valence-corrected chi connectivity index (χ3v) is 4.59. The maximum Gasteiger partial charge on any atom is 0.263 e. The second-order valence-corrected chi connectivity index (χ2v) is 6.50. The fourth-order valence-corrected chi connectivity index (χ4v) is 3.44. The third-order valence-electron chi connectivity index (χ3n) is 3.62. The molecule has 0 bridgehead atoms. The molecule has 3 rings (SSSR count). The van der Waals surface area contributed by atoms with E-state index >= 15 is 0 Å². The van der Waals surface area contributed by atoms with Crippen LogP contribution in [-0.4, -0.2) is 30.0 Å². The SMILES string of the molecule is Cc1nc(-c2ccccc2)c(C(=O)N[C@H]2CCCNC2)s1. The number of hydrogen-bond donors (Lipinski definition) is 2. The minimum atomic E-state index is -0.00634. The van der Waals surface area contributed by atoms with Gasteiger partial charge in [0, 0.05) is 18.2 Å². The lowest BCUT2D eigenvalue weighted by atomic mass is 10.1. The quantitative estimate of drug-likeness (QED) is 0.916. The third kappa shape index (κ3) is 3.31. The van der Waals surface area contributed by atoms with Gasteiger partial charge >= 0.3 is 0 Å². The Morgan fingerprint density at radius 3 is 2.90 bits per heavy atom. The van der Waals surface area contributed by atoms with Gasteiger partial charge in [-0.3, -0.25) is 4.79 Å². The molecular formula is C16H19N3OS. The molecule has 1 amide bonds. The number of piperidine rings is 1. The average Bonchev–Trinajstić information content (AvgIpc) is 2.91. The highest BCUT2D eigenvalue weighted by Gasteiger charge is 2.21. The van der Waals surface area contributed by atoms with E-state index < -0.39 is 0 Å². The number of nitrogens with one attached hydrogen (secondary N) is 2. The first-order valence-electron chi connectivity index (χ1n) is 7.28. The summed E-state index contributed by atoms with van der Waals surface area (Å²) in [6, 6.07) is 10.1.